The maximum absolute atomic E-state index is 11.9. The van der Waals surface area contributed by atoms with Crippen molar-refractivity contribution in [2.75, 3.05) is 12.0 Å². The highest BCUT2D eigenvalue weighted by Crippen LogP contribution is 2.44. The quantitative estimate of drug-likeness (QED) is 0.295. The Morgan fingerprint density at radius 2 is 2.03 bits per heavy atom. The molecule has 0 aliphatic carbocycles. The van der Waals surface area contributed by atoms with Gasteiger partial charge < -0.3 is 9.64 Å². The number of hydrogen-bond donors (Lipinski definition) is 1. The number of esters is 1. The van der Waals surface area contributed by atoms with Gasteiger partial charge in [0.2, 0.25) is 0 Å². The molecule has 1 fully saturated rings. The van der Waals surface area contributed by atoms with E-state index in [0.29, 0.717) is 11.1 Å². The summed E-state index contributed by atoms with van der Waals surface area (Å²) in [5.74, 6) is -0.574. The fourth-order valence-corrected chi connectivity index (χ4v) is 5.18. The lowest BCUT2D eigenvalue weighted by Crippen LogP contribution is -2.47. The van der Waals surface area contributed by atoms with E-state index < -0.39 is 11.9 Å². The van der Waals surface area contributed by atoms with Crippen molar-refractivity contribution in [2.24, 2.45) is 10.2 Å². The summed E-state index contributed by atoms with van der Waals surface area (Å²) >= 11 is 1.05. The first-order valence-electron chi connectivity index (χ1n) is 11.1. The lowest BCUT2D eigenvalue weighted by atomic mass is 9.79. The van der Waals surface area contributed by atoms with Crippen LogP contribution in [0.5, 0.6) is 0 Å². The van der Waals surface area contributed by atoms with Gasteiger partial charge in [0, 0.05) is 23.8 Å². The fraction of sp³-hybridized carbons (Fsp3) is 0.308. The number of methoxy groups -OCH3 is 1. The van der Waals surface area contributed by atoms with E-state index in [-0.39, 0.29) is 10.4 Å². The van der Waals surface area contributed by atoms with E-state index in [4.69, 9.17) is 0 Å². The molecule has 2 aromatic rings. The summed E-state index contributed by atoms with van der Waals surface area (Å²) in [5, 5.41) is 11.2. The lowest BCUT2D eigenvalue weighted by Gasteiger charge is -2.47. The summed E-state index contributed by atoms with van der Waals surface area (Å²) in [6, 6.07) is 16.9. The molecule has 0 radical (unpaired) electrons. The number of carbonyl (C=O) groups is 2. The molecule has 4 rings (SSSR count). The van der Waals surface area contributed by atoms with Crippen LogP contribution in [-0.2, 0) is 20.9 Å². The third kappa shape index (κ3) is 5.22. The number of nitrogens with one attached hydrogen (secondary N) is 1. The zero-order chi connectivity index (χ0) is 24.3. The topological polar surface area (TPSA) is 83.4 Å². The summed E-state index contributed by atoms with van der Waals surface area (Å²) in [5.41, 5.74) is 4.80. The predicted molar refractivity (Wildman–Crippen MR) is 137 cm³/mol. The van der Waals surface area contributed by atoms with Gasteiger partial charge in [-0.05, 0) is 66.8 Å². The van der Waals surface area contributed by atoms with Crippen LogP contribution in [-0.4, -0.2) is 35.9 Å². The number of thioether (sulfide) groups is 1. The highest BCUT2D eigenvalue weighted by molar-refractivity contribution is 8.18. The average Bonchev–Trinajstić information content (AvgIpc) is 3.15. The van der Waals surface area contributed by atoms with Gasteiger partial charge in [-0.3, -0.25) is 10.1 Å². The smallest absolute Gasteiger partial charge is 0.331 e. The Morgan fingerprint density at radius 3 is 2.76 bits per heavy atom. The molecule has 2 aliphatic rings. The second kappa shape index (κ2) is 9.85. The minimum atomic E-state index is -0.588. The van der Waals surface area contributed by atoms with Crippen molar-refractivity contribution >= 4 is 40.7 Å². The Balaban J connectivity index is 1.54. The van der Waals surface area contributed by atoms with E-state index in [1.165, 1.54) is 23.9 Å². The number of ether oxygens (including phenoxy) is 1. The summed E-state index contributed by atoms with van der Waals surface area (Å²) in [4.78, 5) is 26.0. The molecule has 7 nitrogen and oxygen atoms in total. The number of benzene rings is 2. The Kier molecular flexibility index (Phi) is 6.88. The molecule has 1 atom stereocenters. The van der Waals surface area contributed by atoms with Crippen LogP contribution in [0, 0.1) is 0 Å². The minimum Gasteiger partial charge on any atom is -0.466 e. The summed E-state index contributed by atoms with van der Waals surface area (Å²) < 4.78 is 4.56. The van der Waals surface area contributed by atoms with E-state index in [1.54, 1.807) is 6.21 Å². The standard InChI is InChI=1S/C26H28N4O3S/c1-17-14-26(2,3)30(16-18-8-6-5-7-9-18)21-11-10-19(12-20(17)21)15-27-29-25-28-24(32)22(34-25)13-23(31)33-4/h5-13,15,17H,14,16H2,1-4H3,(H,28,29,32)/b22-13+,27-15?. The highest BCUT2D eigenvalue weighted by atomic mass is 32.2. The van der Waals surface area contributed by atoms with Crippen LogP contribution in [0.2, 0.25) is 0 Å². The molecule has 2 aliphatic heterocycles. The average molecular weight is 477 g/mol. The van der Waals surface area contributed by atoms with Crippen molar-refractivity contribution < 1.29 is 14.3 Å². The van der Waals surface area contributed by atoms with Gasteiger partial charge >= 0.3 is 5.97 Å². The lowest BCUT2D eigenvalue weighted by molar-refractivity contribution is -0.135. The Labute approximate surface area is 204 Å². The molecule has 0 saturated carbocycles. The SMILES string of the molecule is COC(=O)/C=C1/S/C(=N\N=Cc2ccc3c(c2)C(C)CC(C)(C)N3Cc2ccccc2)NC1=O. The summed E-state index contributed by atoms with van der Waals surface area (Å²) in [6.45, 7) is 7.73. The molecule has 1 N–H and O–H groups in total. The molecule has 176 valence electrons. The van der Waals surface area contributed by atoms with Crippen molar-refractivity contribution in [2.45, 2.75) is 45.2 Å². The number of carbonyl (C=O) groups excluding carboxylic acids is 2. The molecule has 1 unspecified atom stereocenters. The van der Waals surface area contributed by atoms with Crippen LogP contribution in [0.4, 0.5) is 5.69 Å². The summed E-state index contributed by atoms with van der Waals surface area (Å²) in [6.07, 6.45) is 3.86. The van der Waals surface area contributed by atoms with Gasteiger partial charge in [0.1, 0.15) is 0 Å². The van der Waals surface area contributed by atoms with Gasteiger partial charge in [0.15, 0.2) is 5.17 Å². The highest BCUT2D eigenvalue weighted by Gasteiger charge is 2.36. The van der Waals surface area contributed by atoms with Crippen LogP contribution in [0.25, 0.3) is 0 Å². The van der Waals surface area contributed by atoms with Crippen molar-refractivity contribution in [3.8, 4) is 0 Å². The van der Waals surface area contributed by atoms with E-state index in [0.717, 1.165) is 36.4 Å². The second-order valence-electron chi connectivity index (χ2n) is 9.05. The molecule has 1 saturated heterocycles. The van der Waals surface area contributed by atoms with E-state index in [2.05, 4.69) is 82.3 Å². The molecule has 0 bridgehead atoms. The number of hydrogen-bond acceptors (Lipinski definition) is 7. The minimum absolute atomic E-state index is 0.0389. The first kappa shape index (κ1) is 23.8. The number of amides is 1. The van der Waals surface area contributed by atoms with Crippen LogP contribution in [0.15, 0.2) is 69.7 Å². The van der Waals surface area contributed by atoms with Crippen LogP contribution in [0.3, 0.4) is 0 Å². The van der Waals surface area contributed by atoms with Crippen molar-refractivity contribution in [1.29, 1.82) is 0 Å². The zero-order valence-electron chi connectivity index (χ0n) is 19.7. The Bertz CT molecular complexity index is 1190. The third-order valence-electron chi connectivity index (χ3n) is 6.05. The number of amidine groups is 1. The number of nitrogens with zero attached hydrogens (tertiary/aromatic N) is 3. The van der Waals surface area contributed by atoms with Crippen LogP contribution in [0.1, 0.15) is 49.8 Å². The Hall–Kier alpha value is -3.39. The van der Waals surface area contributed by atoms with Crippen LogP contribution < -0.4 is 10.2 Å². The normalized spacial score (nSPS) is 21.7. The molecule has 2 heterocycles. The van der Waals surface area contributed by atoms with E-state index in [1.807, 2.05) is 12.1 Å². The maximum Gasteiger partial charge on any atom is 0.331 e. The van der Waals surface area contributed by atoms with E-state index >= 15 is 0 Å². The molecule has 1 amide bonds. The molecule has 0 spiro atoms. The van der Waals surface area contributed by atoms with Crippen molar-refractivity contribution in [1.82, 2.24) is 5.32 Å². The van der Waals surface area contributed by atoms with Crippen molar-refractivity contribution in [3.05, 3.63) is 76.2 Å². The van der Waals surface area contributed by atoms with Gasteiger partial charge in [-0.2, -0.15) is 5.10 Å². The second-order valence-corrected chi connectivity index (χ2v) is 10.1. The fourth-order valence-electron chi connectivity index (χ4n) is 4.44. The predicted octanol–water partition coefficient (Wildman–Crippen LogP) is 4.59. The number of anilines is 1. The molecule has 2 aromatic carbocycles. The maximum atomic E-state index is 11.9. The molecule has 8 heteroatoms. The number of rotatable bonds is 5. The van der Waals surface area contributed by atoms with Gasteiger partial charge in [-0.15, -0.1) is 5.10 Å². The Morgan fingerprint density at radius 1 is 1.26 bits per heavy atom. The number of fused-ring (bicyclic) bond motifs is 1. The first-order valence-corrected chi connectivity index (χ1v) is 11.9. The van der Waals surface area contributed by atoms with Crippen molar-refractivity contribution in [3.63, 3.8) is 0 Å². The first-order chi connectivity index (χ1) is 16.3. The zero-order valence-corrected chi connectivity index (χ0v) is 20.6. The van der Waals surface area contributed by atoms with Gasteiger partial charge in [0.05, 0.1) is 18.2 Å². The van der Waals surface area contributed by atoms with Gasteiger partial charge in [0.25, 0.3) is 5.91 Å². The molecule has 0 aromatic heterocycles. The van der Waals surface area contributed by atoms with E-state index in [9.17, 15) is 9.59 Å². The molecular formula is C26H28N4O3S. The molecular weight excluding hydrogens is 448 g/mol. The monoisotopic (exact) mass is 476 g/mol. The van der Waals surface area contributed by atoms with Gasteiger partial charge in [-0.1, -0.05) is 43.3 Å². The third-order valence-corrected chi connectivity index (χ3v) is 6.95. The summed E-state index contributed by atoms with van der Waals surface area (Å²) in [7, 11) is 1.26. The largest absolute Gasteiger partial charge is 0.466 e. The van der Waals surface area contributed by atoms with Gasteiger partial charge in [-0.25, -0.2) is 4.79 Å². The van der Waals surface area contributed by atoms with Crippen LogP contribution >= 0.6 is 11.8 Å². The molecule has 34 heavy (non-hydrogen) atoms.